The topological polar surface area (TPSA) is 70.2 Å². The number of hydrogen-bond donors (Lipinski definition) is 3. The van der Waals surface area contributed by atoms with Crippen LogP contribution < -0.4 is 16.0 Å². The van der Waals surface area contributed by atoms with E-state index in [0.29, 0.717) is 12.5 Å². The second-order valence-electron chi connectivity index (χ2n) is 5.38. The highest BCUT2D eigenvalue weighted by atomic mass is 16.2. The van der Waals surface area contributed by atoms with Crippen molar-refractivity contribution in [2.24, 2.45) is 5.92 Å². The highest BCUT2D eigenvalue weighted by Crippen LogP contribution is 2.21. The number of carbonyl (C=O) groups is 2. The van der Waals surface area contributed by atoms with E-state index in [4.69, 9.17) is 0 Å². The zero-order chi connectivity index (χ0) is 14.5. The van der Waals surface area contributed by atoms with Gasteiger partial charge in [-0.2, -0.15) is 0 Å². The molecule has 5 nitrogen and oxygen atoms in total. The van der Waals surface area contributed by atoms with Crippen LogP contribution in [0.15, 0.2) is 30.3 Å². The van der Waals surface area contributed by atoms with Gasteiger partial charge in [0.25, 0.3) is 0 Å². The van der Waals surface area contributed by atoms with Gasteiger partial charge in [-0.15, -0.1) is 0 Å². The molecule has 2 rings (SSSR count). The summed E-state index contributed by atoms with van der Waals surface area (Å²) in [5, 5.41) is 8.70. The van der Waals surface area contributed by atoms with Crippen molar-refractivity contribution in [1.82, 2.24) is 16.0 Å². The molecule has 5 heteroatoms. The zero-order valence-corrected chi connectivity index (χ0v) is 11.8. The Labute approximate surface area is 119 Å². The number of rotatable bonds is 4. The van der Waals surface area contributed by atoms with Crippen molar-refractivity contribution in [3.63, 3.8) is 0 Å². The lowest BCUT2D eigenvalue weighted by molar-refractivity contribution is -0.127. The lowest BCUT2D eigenvalue weighted by Gasteiger charge is -2.28. The van der Waals surface area contributed by atoms with E-state index in [1.165, 1.54) is 0 Å². The van der Waals surface area contributed by atoms with Crippen LogP contribution in [0.4, 0.5) is 0 Å². The third kappa shape index (κ3) is 3.57. The minimum atomic E-state index is -0.363. The maximum Gasteiger partial charge on any atom is 0.239 e. The maximum atomic E-state index is 12.3. The molecule has 0 spiro atoms. The molecule has 3 N–H and O–H groups in total. The largest absolute Gasteiger partial charge is 0.353 e. The molecule has 1 aromatic carbocycles. The summed E-state index contributed by atoms with van der Waals surface area (Å²) >= 11 is 0. The Bertz CT molecular complexity index is 463. The van der Waals surface area contributed by atoms with Gasteiger partial charge in [0.15, 0.2) is 0 Å². The van der Waals surface area contributed by atoms with Gasteiger partial charge in [-0.1, -0.05) is 44.2 Å². The van der Waals surface area contributed by atoms with E-state index in [-0.39, 0.29) is 30.4 Å². The van der Waals surface area contributed by atoms with Gasteiger partial charge in [0, 0.05) is 6.54 Å². The predicted octanol–water partition coefficient (Wildman–Crippen LogP) is 0.588. The van der Waals surface area contributed by atoms with Crippen LogP contribution in [0.1, 0.15) is 25.5 Å². The van der Waals surface area contributed by atoms with Gasteiger partial charge in [0.05, 0.1) is 12.6 Å². The van der Waals surface area contributed by atoms with Crippen LogP contribution in [-0.2, 0) is 9.59 Å². The molecular formula is C15H21N3O2. The Morgan fingerprint density at radius 3 is 2.55 bits per heavy atom. The van der Waals surface area contributed by atoms with Crippen LogP contribution in [0.5, 0.6) is 0 Å². The summed E-state index contributed by atoms with van der Waals surface area (Å²) in [6, 6.07) is 9.54. The summed E-state index contributed by atoms with van der Waals surface area (Å²) in [7, 11) is 0. The molecule has 1 aromatic rings. The molecule has 1 saturated heterocycles. The highest BCUT2D eigenvalue weighted by molar-refractivity contribution is 5.87. The average molecular weight is 275 g/mol. The van der Waals surface area contributed by atoms with E-state index in [1.807, 2.05) is 30.3 Å². The summed E-state index contributed by atoms with van der Waals surface area (Å²) < 4.78 is 0. The fourth-order valence-corrected chi connectivity index (χ4v) is 2.30. The first-order valence-corrected chi connectivity index (χ1v) is 6.93. The Hall–Kier alpha value is -1.88. The number of hydrogen-bond acceptors (Lipinski definition) is 3. The maximum absolute atomic E-state index is 12.3. The van der Waals surface area contributed by atoms with Crippen molar-refractivity contribution >= 4 is 11.8 Å². The van der Waals surface area contributed by atoms with E-state index in [2.05, 4.69) is 29.8 Å². The molecule has 20 heavy (non-hydrogen) atoms. The van der Waals surface area contributed by atoms with Crippen LogP contribution in [-0.4, -0.2) is 30.9 Å². The van der Waals surface area contributed by atoms with Gasteiger partial charge in [0.2, 0.25) is 11.8 Å². The molecule has 0 aromatic heterocycles. The monoisotopic (exact) mass is 275 g/mol. The molecule has 0 aliphatic carbocycles. The van der Waals surface area contributed by atoms with E-state index in [0.717, 1.165) is 5.56 Å². The first-order valence-electron chi connectivity index (χ1n) is 6.93. The van der Waals surface area contributed by atoms with Crippen molar-refractivity contribution in [3.8, 4) is 0 Å². The van der Waals surface area contributed by atoms with Gasteiger partial charge in [-0.3, -0.25) is 14.9 Å². The average Bonchev–Trinajstić information content (AvgIpc) is 2.46. The highest BCUT2D eigenvalue weighted by Gasteiger charge is 2.26. The van der Waals surface area contributed by atoms with Crippen LogP contribution in [0.3, 0.4) is 0 Å². The van der Waals surface area contributed by atoms with Crippen LogP contribution in [0, 0.1) is 5.92 Å². The Balaban J connectivity index is 2.02. The smallest absolute Gasteiger partial charge is 0.239 e. The van der Waals surface area contributed by atoms with Gasteiger partial charge < -0.3 is 10.6 Å². The third-order valence-electron chi connectivity index (χ3n) is 3.45. The Morgan fingerprint density at radius 2 is 2.00 bits per heavy atom. The molecule has 0 bridgehead atoms. The molecular weight excluding hydrogens is 254 g/mol. The minimum absolute atomic E-state index is 0.0249. The molecule has 1 aliphatic rings. The molecule has 1 heterocycles. The quantitative estimate of drug-likeness (QED) is 0.753. The van der Waals surface area contributed by atoms with Crippen LogP contribution in [0.25, 0.3) is 0 Å². The number of carbonyl (C=O) groups excluding carboxylic acids is 2. The summed E-state index contributed by atoms with van der Waals surface area (Å²) in [6.07, 6.45) is 0. The molecule has 1 fully saturated rings. The third-order valence-corrected chi connectivity index (χ3v) is 3.45. The van der Waals surface area contributed by atoms with Crippen molar-refractivity contribution in [1.29, 1.82) is 0 Å². The second-order valence-corrected chi connectivity index (χ2v) is 5.38. The lowest BCUT2D eigenvalue weighted by atomic mass is 9.95. The summed E-state index contributed by atoms with van der Waals surface area (Å²) in [6.45, 7) is 4.68. The molecule has 108 valence electrons. The summed E-state index contributed by atoms with van der Waals surface area (Å²) in [4.78, 5) is 23.3. The molecule has 2 amide bonds. The number of nitrogens with one attached hydrogen (secondary N) is 3. The van der Waals surface area contributed by atoms with Gasteiger partial charge >= 0.3 is 0 Å². The first-order chi connectivity index (χ1) is 9.58. The van der Waals surface area contributed by atoms with E-state index in [9.17, 15) is 9.59 Å². The first kappa shape index (κ1) is 14.5. The van der Waals surface area contributed by atoms with Gasteiger partial charge in [-0.25, -0.2) is 0 Å². The fourth-order valence-electron chi connectivity index (χ4n) is 2.30. The summed E-state index contributed by atoms with van der Waals surface area (Å²) in [5.74, 6) is 0.143. The number of benzene rings is 1. The number of amides is 2. The van der Waals surface area contributed by atoms with Gasteiger partial charge in [0.1, 0.15) is 6.04 Å². The van der Waals surface area contributed by atoms with Crippen LogP contribution in [0.2, 0.25) is 0 Å². The second kappa shape index (κ2) is 6.52. The van der Waals surface area contributed by atoms with E-state index < -0.39 is 0 Å². The van der Waals surface area contributed by atoms with Crippen molar-refractivity contribution in [3.05, 3.63) is 35.9 Å². The molecule has 1 aliphatic heterocycles. The predicted molar refractivity (Wildman–Crippen MR) is 77.0 cm³/mol. The molecule has 2 atom stereocenters. The van der Waals surface area contributed by atoms with Crippen molar-refractivity contribution < 1.29 is 9.59 Å². The number of piperazine rings is 1. The normalized spacial score (nSPS) is 20.4. The summed E-state index contributed by atoms with van der Waals surface area (Å²) in [5.41, 5.74) is 1.09. The Morgan fingerprint density at radius 1 is 1.30 bits per heavy atom. The molecule has 2 unspecified atom stereocenters. The Kier molecular flexibility index (Phi) is 4.74. The minimum Gasteiger partial charge on any atom is -0.353 e. The SMILES string of the molecule is CC(C)C(NC(=O)C1CNC(=O)CN1)c1ccccc1. The zero-order valence-electron chi connectivity index (χ0n) is 11.8. The van der Waals surface area contributed by atoms with Crippen molar-refractivity contribution in [2.45, 2.75) is 25.9 Å². The van der Waals surface area contributed by atoms with E-state index in [1.54, 1.807) is 0 Å². The van der Waals surface area contributed by atoms with E-state index >= 15 is 0 Å². The molecule has 0 radical (unpaired) electrons. The standard InChI is InChI=1S/C15H21N3O2/c1-10(2)14(11-6-4-3-5-7-11)18-15(20)12-8-17-13(19)9-16-12/h3-7,10,12,14,16H,8-9H2,1-2H3,(H,17,19)(H,18,20). The van der Waals surface area contributed by atoms with Crippen LogP contribution >= 0.6 is 0 Å². The fraction of sp³-hybridized carbons (Fsp3) is 0.467. The van der Waals surface area contributed by atoms with Crippen molar-refractivity contribution in [2.75, 3.05) is 13.1 Å². The van der Waals surface area contributed by atoms with Gasteiger partial charge in [-0.05, 0) is 11.5 Å². The lowest BCUT2D eigenvalue weighted by Crippen LogP contribution is -2.58. The molecule has 0 saturated carbocycles.